The summed E-state index contributed by atoms with van der Waals surface area (Å²) in [6, 6.07) is -0.926. The van der Waals surface area contributed by atoms with Gasteiger partial charge in [0, 0.05) is 6.42 Å². The number of aliphatic hydroxyl groups is 11. The molecule has 0 aromatic heterocycles. The summed E-state index contributed by atoms with van der Waals surface area (Å²) in [5, 5.41) is 120. The van der Waals surface area contributed by atoms with Crippen molar-refractivity contribution in [2.24, 2.45) is 0 Å². The van der Waals surface area contributed by atoms with E-state index in [1.54, 1.807) is 0 Å². The average Bonchev–Trinajstić information content (AvgIpc) is 2.57. The predicted octanol–water partition coefficient (Wildman–Crippen LogP) is 7.88. The van der Waals surface area contributed by atoms with Crippen LogP contribution in [-0.4, -0.2) is 193 Å². The molecule has 0 radical (unpaired) electrons. The summed E-state index contributed by atoms with van der Waals surface area (Å²) in [4.78, 5) is 13.4. The van der Waals surface area contributed by atoms with Crippen molar-refractivity contribution in [3.05, 3.63) is 109 Å². The molecule has 0 aromatic rings. The zero-order valence-electron chi connectivity index (χ0n) is 52.9. The summed E-state index contributed by atoms with van der Waals surface area (Å²) in [7, 11) is 0. The summed E-state index contributed by atoms with van der Waals surface area (Å²) in [5.41, 5.74) is 0. The Morgan fingerprint density at radius 1 is 0.420 bits per heavy atom. The number of hydrogen-bond donors (Lipinski definition) is 12. The van der Waals surface area contributed by atoms with E-state index >= 15 is 0 Å². The summed E-state index contributed by atoms with van der Waals surface area (Å²) in [6.07, 6.45) is 38.9. The molecule has 17 unspecified atom stereocenters. The van der Waals surface area contributed by atoms with Crippen LogP contribution in [0.25, 0.3) is 0 Å². The molecule has 0 aliphatic carbocycles. The topological polar surface area (TPSA) is 307 Å². The van der Waals surface area contributed by atoms with E-state index in [1.807, 2.05) is 6.08 Å². The molecule has 504 valence electrons. The lowest BCUT2D eigenvalue weighted by molar-refractivity contribution is -0.379. The van der Waals surface area contributed by atoms with E-state index in [2.05, 4.69) is 122 Å². The number of ether oxygens (including phenoxy) is 6. The summed E-state index contributed by atoms with van der Waals surface area (Å²) in [6.45, 7) is 1.61. The number of amides is 1. The molecule has 0 spiro atoms. The van der Waals surface area contributed by atoms with Gasteiger partial charge in [-0.15, -0.1) is 0 Å². The van der Waals surface area contributed by atoms with Crippen LogP contribution >= 0.6 is 0 Å². The number of aliphatic hydroxyl groups excluding tert-OH is 11. The maximum Gasteiger partial charge on any atom is 0.220 e. The van der Waals surface area contributed by atoms with Crippen LogP contribution in [0.5, 0.6) is 0 Å². The first kappa shape index (κ1) is 78.7. The van der Waals surface area contributed by atoms with Crippen LogP contribution in [0.15, 0.2) is 109 Å². The van der Waals surface area contributed by atoms with Crippen molar-refractivity contribution in [1.29, 1.82) is 0 Å². The monoisotopic (exact) mass is 1250 g/mol. The standard InChI is InChI=1S/C69H115NO18/c1-3-5-7-9-11-13-15-17-19-20-21-22-23-24-25-26-27-28-29-30-31-32-33-35-37-39-41-43-45-47-57(75)70-52(53(74)46-44-42-40-38-36-34-18-16-14-12-10-8-6-4-2)51-83-67-63(81)60(78)65(55(49-72)85-67)88-69-64(82)61(79)66(56(50-73)86-69)87-68-62(80)59(77)58(76)54(48-71)84-68/h5,7,11,13,17,19,21-22,24-25,27-28,30-31,33,35,39,41,52-56,58-69,71-74,76-82H,3-4,6,8-10,12,14-16,18,20,23,26,29,32,34,36-38,40,42-51H2,1-2H3,(H,70,75)/b7-5-,13-11-,19-17-,22-21-,25-24-,28-27-,31-30-,35-33-,41-39-. The molecule has 1 amide bonds. The Morgan fingerprint density at radius 3 is 1.18 bits per heavy atom. The van der Waals surface area contributed by atoms with Crippen molar-refractivity contribution >= 4 is 5.91 Å². The van der Waals surface area contributed by atoms with Gasteiger partial charge in [0.1, 0.15) is 73.2 Å². The molecule has 0 bridgehead atoms. The molecule has 3 fully saturated rings. The van der Waals surface area contributed by atoms with Gasteiger partial charge < -0.3 is 89.9 Å². The molecule has 12 N–H and O–H groups in total. The molecule has 19 nitrogen and oxygen atoms in total. The predicted molar refractivity (Wildman–Crippen MR) is 341 cm³/mol. The maximum atomic E-state index is 13.4. The highest BCUT2D eigenvalue weighted by molar-refractivity contribution is 5.76. The van der Waals surface area contributed by atoms with Crippen LogP contribution in [0.3, 0.4) is 0 Å². The lowest BCUT2D eigenvalue weighted by Gasteiger charge is -2.48. The fourth-order valence-corrected chi connectivity index (χ4v) is 10.5. The fourth-order valence-electron chi connectivity index (χ4n) is 10.5. The molecule has 3 saturated heterocycles. The normalized spacial score (nSPS) is 29.1. The molecule has 19 heteroatoms. The number of unbranched alkanes of at least 4 members (excludes halogenated alkanes) is 14. The Balaban J connectivity index is 1.45. The summed E-state index contributed by atoms with van der Waals surface area (Å²) in [5.74, 6) is -0.306. The fraction of sp³-hybridized carbons (Fsp3) is 0.725. The minimum Gasteiger partial charge on any atom is -0.394 e. The average molecular weight is 1250 g/mol. The zero-order valence-corrected chi connectivity index (χ0v) is 52.9. The number of carbonyl (C=O) groups is 1. The minimum absolute atomic E-state index is 0.179. The quantitative estimate of drug-likeness (QED) is 0.0204. The van der Waals surface area contributed by atoms with Crippen molar-refractivity contribution < 1.29 is 89.4 Å². The first-order valence-electron chi connectivity index (χ1n) is 33.1. The zero-order chi connectivity index (χ0) is 64.0. The Morgan fingerprint density at radius 2 is 0.773 bits per heavy atom. The van der Waals surface area contributed by atoms with Crippen LogP contribution < -0.4 is 5.32 Å². The lowest BCUT2D eigenvalue weighted by Crippen LogP contribution is -2.66. The molecule has 3 aliphatic rings. The van der Waals surface area contributed by atoms with Crippen LogP contribution in [0.2, 0.25) is 0 Å². The Kier molecular flexibility index (Phi) is 44.8. The van der Waals surface area contributed by atoms with Gasteiger partial charge in [-0.2, -0.15) is 0 Å². The van der Waals surface area contributed by atoms with Crippen molar-refractivity contribution in [2.45, 2.75) is 291 Å². The molecule has 3 heterocycles. The van der Waals surface area contributed by atoms with Gasteiger partial charge in [0.05, 0.1) is 38.6 Å². The number of hydrogen-bond acceptors (Lipinski definition) is 18. The van der Waals surface area contributed by atoms with E-state index in [0.717, 1.165) is 77.0 Å². The Labute approximate surface area is 525 Å². The molecule has 17 atom stereocenters. The third-order valence-electron chi connectivity index (χ3n) is 15.9. The lowest BCUT2D eigenvalue weighted by atomic mass is 9.96. The Bertz CT molecular complexity index is 2020. The highest BCUT2D eigenvalue weighted by Crippen LogP contribution is 2.33. The van der Waals surface area contributed by atoms with Crippen LogP contribution in [0.4, 0.5) is 0 Å². The van der Waals surface area contributed by atoms with Crippen molar-refractivity contribution in [3.8, 4) is 0 Å². The summed E-state index contributed by atoms with van der Waals surface area (Å²) >= 11 is 0. The van der Waals surface area contributed by atoms with Gasteiger partial charge in [-0.1, -0.05) is 213 Å². The SMILES string of the molecule is CC/C=C\C/C=C\C/C=C\C/C=C\C/C=C\C/C=C\C/C=C\C/C=C\C/C=C\CCCC(=O)NC(COC1OC(CO)C(OC2OC(CO)C(OC3OC(CO)C(O)C(O)C3O)C(O)C2O)C(O)C1O)C(O)CCCCCCCCCCCCCCCC. The van der Waals surface area contributed by atoms with Gasteiger partial charge in [-0.25, -0.2) is 0 Å². The minimum atomic E-state index is -1.98. The van der Waals surface area contributed by atoms with Crippen molar-refractivity contribution in [3.63, 3.8) is 0 Å². The molecular formula is C69H115NO18. The van der Waals surface area contributed by atoms with E-state index in [1.165, 1.54) is 64.2 Å². The highest BCUT2D eigenvalue weighted by Gasteiger charge is 2.53. The maximum absolute atomic E-state index is 13.4. The van der Waals surface area contributed by atoms with Gasteiger partial charge in [-0.3, -0.25) is 4.79 Å². The first-order valence-corrected chi connectivity index (χ1v) is 33.1. The molecular weight excluding hydrogens is 1130 g/mol. The third-order valence-corrected chi connectivity index (χ3v) is 15.9. The van der Waals surface area contributed by atoms with E-state index in [0.29, 0.717) is 25.7 Å². The number of rotatable bonds is 48. The van der Waals surface area contributed by atoms with Gasteiger partial charge >= 0.3 is 0 Å². The van der Waals surface area contributed by atoms with Crippen LogP contribution in [-0.2, 0) is 33.2 Å². The van der Waals surface area contributed by atoms with E-state index in [4.69, 9.17) is 28.4 Å². The van der Waals surface area contributed by atoms with Gasteiger partial charge in [0.25, 0.3) is 0 Å². The Hall–Kier alpha value is -3.55. The van der Waals surface area contributed by atoms with Crippen LogP contribution in [0, 0.1) is 0 Å². The van der Waals surface area contributed by atoms with Gasteiger partial charge in [-0.05, 0) is 77.0 Å². The second kappa shape index (κ2) is 50.1. The van der Waals surface area contributed by atoms with Crippen molar-refractivity contribution in [2.75, 3.05) is 26.4 Å². The highest BCUT2D eigenvalue weighted by atomic mass is 16.8. The number of nitrogens with one attached hydrogen (secondary N) is 1. The molecule has 88 heavy (non-hydrogen) atoms. The largest absolute Gasteiger partial charge is 0.394 e. The van der Waals surface area contributed by atoms with Crippen molar-refractivity contribution in [1.82, 2.24) is 5.32 Å². The molecule has 3 aliphatic heterocycles. The number of allylic oxidation sites excluding steroid dienone is 18. The molecule has 0 aromatic carbocycles. The van der Waals surface area contributed by atoms with Gasteiger partial charge in [0.2, 0.25) is 5.91 Å². The first-order chi connectivity index (χ1) is 42.8. The van der Waals surface area contributed by atoms with E-state index in [-0.39, 0.29) is 18.9 Å². The van der Waals surface area contributed by atoms with Crippen LogP contribution in [0.1, 0.15) is 187 Å². The van der Waals surface area contributed by atoms with E-state index in [9.17, 15) is 61.0 Å². The smallest absolute Gasteiger partial charge is 0.220 e. The second-order valence-electron chi connectivity index (χ2n) is 23.2. The molecule has 3 rings (SSSR count). The molecule has 0 saturated carbocycles. The third kappa shape index (κ3) is 32.1. The summed E-state index contributed by atoms with van der Waals surface area (Å²) < 4.78 is 34.3. The van der Waals surface area contributed by atoms with E-state index < -0.39 is 124 Å². The second-order valence-corrected chi connectivity index (χ2v) is 23.2. The number of carbonyl (C=O) groups excluding carboxylic acids is 1. The van der Waals surface area contributed by atoms with Gasteiger partial charge in [0.15, 0.2) is 18.9 Å².